The number of rotatable bonds is 9. The van der Waals surface area contributed by atoms with Gasteiger partial charge in [-0.1, -0.05) is 24.3 Å². The van der Waals surface area contributed by atoms with E-state index in [0.717, 1.165) is 24.3 Å². The Morgan fingerprint density at radius 1 is 0.848 bits per heavy atom. The first-order chi connectivity index (χ1) is 15.6. The van der Waals surface area contributed by atoms with Crippen LogP contribution in [-0.2, 0) is 24.8 Å². The zero-order valence-electron chi connectivity index (χ0n) is 17.6. The van der Waals surface area contributed by atoms with Crippen molar-refractivity contribution >= 4 is 37.3 Å². The molecule has 0 aromatic heterocycles. The van der Waals surface area contributed by atoms with E-state index < -0.39 is 31.8 Å². The Morgan fingerprint density at radius 2 is 1.48 bits per heavy atom. The van der Waals surface area contributed by atoms with Crippen LogP contribution in [0.3, 0.4) is 0 Å². The summed E-state index contributed by atoms with van der Waals surface area (Å²) in [7, 11) is -7.68. The van der Waals surface area contributed by atoms with E-state index in [1.807, 2.05) is 0 Å². The van der Waals surface area contributed by atoms with Gasteiger partial charge in [-0.05, 0) is 61.0 Å². The summed E-state index contributed by atoms with van der Waals surface area (Å²) in [6, 6.07) is 16.9. The Morgan fingerprint density at radius 3 is 2.15 bits per heavy atom. The molecule has 0 aliphatic carbocycles. The molecule has 0 spiro atoms. The van der Waals surface area contributed by atoms with Crippen LogP contribution in [0.25, 0.3) is 0 Å². The normalized spacial score (nSPS) is 11.7. The molecule has 0 atom stereocenters. The van der Waals surface area contributed by atoms with Gasteiger partial charge < -0.3 is 5.32 Å². The van der Waals surface area contributed by atoms with Crippen LogP contribution in [-0.4, -0.2) is 29.3 Å². The standard InChI is InChI=1S/C22H22FN3O5S2/c1-16-7-10-18(15-21(16)26-33(30,31)19-5-3-2-4-6-19)25-22(27)13-14-24-32(28,29)20-11-8-17(23)9-12-20/h2-12,15,24,26H,13-14H2,1H3,(H,25,27). The minimum Gasteiger partial charge on any atom is -0.326 e. The number of sulfonamides is 2. The molecule has 0 saturated heterocycles. The lowest BCUT2D eigenvalue weighted by Crippen LogP contribution is -2.27. The van der Waals surface area contributed by atoms with Gasteiger partial charge in [-0.3, -0.25) is 9.52 Å². The largest absolute Gasteiger partial charge is 0.326 e. The third kappa shape index (κ3) is 6.60. The fraction of sp³-hybridized carbons (Fsp3) is 0.136. The van der Waals surface area contributed by atoms with Crippen LogP contribution < -0.4 is 14.8 Å². The Labute approximate surface area is 192 Å². The third-order valence-corrected chi connectivity index (χ3v) is 7.45. The molecule has 8 nitrogen and oxygen atoms in total. The molecule has 0 radical (unpaired) electrons. The van der Waals surface area contributed by atoms with E-state index in [4.69, 9.17) is 0 Å². The van der Waals surface area contributed by atoms with E-state index in [0.29, 0.717) is 16.9 Å². The minimum atomic E-state index is -3.88. The maximum absolute atomic E-state index is 13.0. The van der Waals surface area contributed by atoms with Crippen LogP contribution >= 0.6 is 0 Å². The first-order valence-corrected chi connectivity index (χ1v) is 12.8. The average Bonchev–Trinajstić information content (AvgIpc) is 2.77. The number of carbonyl (C=O) groups is 1. The van der Waals surface area contributed by atoms with Crippen molar-refractivity contribution in [2.75, 3.05) is 16.6 Å². The summed E-state index contributed by atoms with van der Waals surface area (Å²) in [4.78, 5) is 12.2. The van der Waals surface area contributed by atoms with Gasteiger partial charge in [0.2, 0.25) is 15.9 Å². The number of aryl methyl sites for hydroxylation is 1. The van der Waals surface area contributed by atoms with Crippen molar-refractivity contribution in [2.45, 2.75) is 23.1 Å². The Balaban J connectivity index is 1.61. The van der Waals surface area contributed by atoms with Gasteiger partial charge in [0, 0.05) is 18.7 Å². The summed E-state index contributed by atoms with van der Waals surface area (Å²) in [5.41, 5.74) is 1.30. The fourth-order valence-electron chi connectivity index (χ4n) is 2.83. The van der Waals surface area contributed by atoms with E-state index in [9.17, 15) is 26.0 Å². The highest BCUT2D eigenvalue weighted by molar-refractivity contribution is 7.92. The van der Waals surface area contributed by atoms with Gasteiger partial charge in [-0.15, -0.1) is 0 Å². The minimum absolute atomic E-state index is 0.104. The Kier molecular flexibility index (Phi) is 7.46. The highest BCUT2D eigenvalue weighted by atomic mass is 32.2. The maximum Gasteiger partial charge on any atom is 0.261 e. The van der Waals surface area contributed by atoms with Gasteiger partial charge >= 0.3 is 0 Å². The predicted molar refractivity (Wildman–Crippen MR) is 123 cm³/mol. The van der Waals surface area contributed by atoms with E-state index in [1.54, 1.807) is 37.3 Å². The molecule has 0 heterocycles. The quantitative estimate of drug-likeness (QED) is 0.424. The van der Waals surface area contributed by atoms with Crippen LogP contribution in [0.2, 0.25) is 0 Å². The van der Waals surface area contributed by atoms with Gasteiger partial charge in [0.25, 0.3) is 10.0 Å². The number of benzene rings is 3. The lowest BCUT2D eigenvalue weighted by Gasteiger charge is -2.13. The maximum atomic E-state index is 13.0. The first-order valence-electron chi connectivity index (χ1n) is 9.80. The molecular formula is C22H22FN3O5S2. The predicted octanol–water partition coefficient (Wildman–Crippen LogP) is 3.24. The third-order valence-electron chi connectivity index (χ3n) is 4.59. The molecular weight excluding hydrogens is 469 g/mol. The lowest BCUT2D eigenvalue weighted by molar-refractivity contribution is -0.116. The lowest BCUT2D eigenvalue weighted by atomic mass is 10.2. The van der Waals surface area contributed by atoms with E-state index in [2.05, 4.69) is 14.8 Å². The molecule has 3 aromatic rings. The SMILES string of the molecule is Cc1ccc(NC(=O)CCNS(=O)(=O)c2ccc(F)cc2)cc1NS(=O)(=O)c1ccccc1. The number of nitrogens with one attached hydrogen (secondary N) is 3. The molecule has 11 heteroatoms. The monoisotopic (exact) mass is 491 g/mol. The van der Waals surface area contributed by atoms with Crippen molar-refractivity contribution in [1.29, 1.82) is 0 Å². The number of halogens is 1. The molecule has 1 amide bonds. The second-order valence-electron chi connectivity index (χ2n) is 7.10. The number of amides is 1. The Hall–Kier alpha value is -3.28. The summed E-state index contributed by atoms with van der Waals surface area (Å²) in [6.45, 7) is 1.55. The van der Waals surface area contributed by atoms with Crippen LogP contribution in [0.5, 0.6) is 0 Å². The summed E-state index contributed by atoms with van der Waals surface area (Å²) in [6.07, 6.45) is -0.167. The molecule has 33 heavy (non-hydrogen) atoms. The summed E-state index contributed by atoms with van der Waals surface area (Å²) in [5.74, 6) is -1.03. The molecule has 174 valence electrons. The van der Waals surface area contributed by atoms with Crippen molar-refractivity contribution in [1.82, 2.24) is 4.72 Å². The molecule has 0 saturated carbocycles. The highest BCUT2D eigenvalue weighted by Gasteiger charge is 2.16. The molecule has 0 unspecified atom stereocenters. The second-order valence-corrected chi connectivity index (χ2v) is 10.5. The van der Waals surface area contributed by atoms with Crippen molar-refractivity contribution in [2.24, 2.45) is 0 Å². The van der Waals surface area contributed by atoms with Gasteiger partial charge in [-0.25, -0.2) is 25.9 Å². The topological polar surface area (TPSA) is 121 Å². The zero-order chi connectivity index (χ0) is 24.1. The van der Waals surface area contributed by atoms with Crippen molar-refractivity contribution < 1.29 is 26.0 Å². The number of hydrogen-bond donors (Lipinski definition) is 3. The number of hydrogen-bond acceptors (Lipinski definition) is 5. The molecule has 0 aliphatic rings. The van der Waals surface area contributed by atoms with Crippen molar-refractivity contribution in [3.05, 3.63) is 84.2 Å². The molecule has 0 aliphatic heterocycles. The number of carbonyl (C=O) groups excluding carboxylic acids is 1. The van der Waals surface area contributed by atoms with Gasteiger partial charge in [0.05, 0.1) is 15.5 Å². The summed E-state index contributed by atoms with van der Waals surface area (Å²) < 4.78 is 67.3. The van der Waals surface area contributed by atoms with Gasteiger partial charge in [0.1, 0.15) is 5.82 Å². The highest BCUT2D eigenvalue weighted by Crippen LogP contribution is 2.23. The molecule has 0 fully saturated rings. The van der Waals surface area contributed by atoms with E-state index >= 15 is 0 Å². The van der Waals surface area contributed by atoms with Crippen molar-refractivity contribution in [3.63, 3.8) is 0 Å². The summed E-state index contributed by atoms with van der Waals surface area (Å²) >= 11 is 0. The molecule has 3 aromatic carbocycles. The second kappa shape index (κ2) is 10.1. The molecule has 0 bridgehead atoms. The zero-order valence-corrected chi connectivity index (χ0v) is 19.2. The number of anilines is 2. The average molecular weight is 492 g/mol. The van der Waals surface area contributed by atoms with Crippen LogP contribution in [0.15, 0.2) is 82.6 Å². The molecule has 3 rings (SSSR count). The van der Waals surface area contributed by atoms with Crippen LogP contribution in [0.4, 0.5) is 15.8 Å². The Bertz CT molecular complexity index is 1340. The van der Waals surface area contributed by atoms with E-state index in [1.165, 1.54) is 18.2 Å². The smallest absolute Gasteiger partial charge is 0.261 e. The fourth-order valence-corrected chi connectivity index (χ4v) is 5.01. The van der Waals surface area contributed by atoms with Gasteiger partial charge in [0.15, 0.2) is 0 Å². The first kappa shape index (κ1) is 24.4. The van der Waals surface area contributed by atoms with Crippen molar-refractivity contribution in [3.8, 4) is 0 Å². The summed E-state index contributed by atoms with van der Waals surface area (Å²) in [5, 5.41) is 2.61. The van der Waals surface area contributed by atoms with Crippen LogP contribution in [0, 0.1) is 12.7 Å². The van der Waals surface area contributed by atoms with E-state index in [-0.39, 0.29) is 22.8 Å². The van der Waals surface area contributed by atoms with Gasteiger partial charge in [-0.2, -0.15) is 0 Å². The van der Waals surface area contributed by atoms with Crippen LogP contribution in [0.1, 0.15) is 12.0 Å². The molecule has 3 N–H and O–H groups in total.